The highest BCUT2D eigenvalue weighted by Crippen LogP contribution is 2.35. The fourth-order valence-electron chi connectivity index (χ4n) is 3.67. The van der Waals surface area contributed by atoms with Crippen LogP contribution in [-0.2, 0) is 0 Å². The molecule has 164 valence electrons. The van der Waals surface area contributed by atoms with Crippen LogP contribution in [0.25, 0.3) is 0 Å². The summed E-state index contributed by atoms with van der Waals surface area (Å²) in [6.07, 6.45) is 0. The fourth-order valence-corrected chi connectivity index (χ4v) is 4.01. The Morgan fingerprint density at radius 1 is 0.636 bits per heavy atom. The predicted molar refractivity (Wildman–Crippen MR) is 134 cm³/mol. The van der Waals surface area contributed by atoms with Crippen molar-refractivity contribution < 1.29 is 9.59 Å². The van der Waals surface area contributed by atoms with Gasteiger partial charge in [-0.2, -0.15) is 0 Å². The van der Waals surface area contributed by atoms with Crippen LogP contribution < -0.4 is 10.6 Å². The first-order chi connectivity index (χ1) is 16.0. The first-order valence-corrected chi connectivity index (χ1v) is 11.0. The standard InChI is InChI=1S/C27H20Cl2N2O2/c28-20-11-13-24(22(15-20)26(32)18-7-3-1-4-8-18)31(17-30)25-14-12-21(29)16-23(25)27(33)19-9-5-2-6-10-19/h1-16H,17,30H2. The SMILES string of the molecule is NCN(c1ccc(Cl)cc1C(=O)c1ccccc1)c1ccc(Cl)cc1C(=O)c1ccccc1. The number of nitrogens with zero attached hydrogens (tertiary/aromatic N) is 1. The van der Waals surface area contributed by atoms with Gasteiger partial charge in [-0.25, -0.2) is 0 Å². The molecule has 4 aromatic rings. The van der Waals surface area contributed by atoms with Crippen LogP contribution >= 0.6 is 23.2 Å². The zero-order valence-corrected chi connectivity index (χ0v) is 19.1. The van der Waals surface area contributed by atoms with Crippen LogP contribution in [0.2, 0.25) is 10.0 Å². The number of carbonyl (C=O) groups excluding carboxylic acids is 2. The molecule has 33 heavy (non-hydrogen) atoms. The minimum atomic E-state index is -0.198. The molecule has 0 saturated carbocycles. The lowest BCUT2D eigenvalue weighted by atomic mass is 9.98. The Bertz CT molecular complexity index is 1210. The number of benzene rings is 4. The summed E-state index contributed by atoms with van der Waals surface area (Å²) in [6.45, 7) is 0.0212. The zero-order valence-electron chi connectivity index (χ0n) is 17.5. The van der Waals surface area contributed by atoms with E-state index in [1.165, 1.54) is 0 Å². The van der Waals surface area contributed by atoms with Crippen molar-refractivity contribution in [3.05, 3.63) is 129 Å². The van der Waals surface area contributed by atoms with Crippen LogP contribution in [0.4, 0.5) is 11.4 Å². The second kappa shape index (κ2) is 10.0. The van der Waals surface area contributed by atoms with Gasteiger partial charge in [0.2, 0.25) is 0 Å². The molecule has 0 fully saturated rings. The molecule has 0 aliphatic carbocycles. The Kier molecular flexibility index (Phi) is 6.90. The van der Waals surface area contributed by atoms with Crippen LogP contribution in [0.5, 0.6) is 0 Å². The molecular formula is C27H20Cl2N2O2. The maximum absolute atomic E-state index is 13.4. The second-order valence-corrected chi connectivity index (χ2v) is 8.20. The molecule has 0 atom stereocenters. The zero-order chi connectivity index (χ0) is 23.4. The molecule has 0 bridgehead atoms. The van der Waals surface area contributed by atoms with Crippen LogP contribution in [0.3, 0.4) is 0 Å². The molecule has 0 spiro atoms. The summed E-state index contributed by atoms with van der Waals surface area (Å²) in [5.74, 6) is -0.395. The number of hydrogen-bond acceptors (Lipinski definition) is 4. The number of hydrogen-bond donors (Lipinski definition) is 1. The summed E-state index contributed by atoms with van der Waals surface area (Å²) in [5, 5.41) is 0.846. The van der Waals surface area contributed by atoms with Gasteiger partial charge in [0, 0.05) is 32.3 Å². The van der Waals surface area contributed by atoms with Gasteiger partial charge in [0.05, 0.1) is 18.0 Å². The highest BCUT2D eigenvalue weighted by atomic mass is 35.5. The Morgan fingerprint density at radius 2 is 1.03 bits per heavy atom. The van der Waals surface area contributed by atoms with E-state index in [-0.39, 0.29) is 18.2 Å². The van der Waals surface area contributed by atoms with E-state index in [9.17, 15) is 9.59 Å². The number of anilines is 2. The highest BCUT2D eigenvalue weighted by Gasteiger charge is 2.23. The molecule has 0 unspecified atom stereocenters. The van der Waals surface area contributed by atoms with Crippen molar-refractivity contribution in [3.8, 4) is 0 Å². The number of nitrogens with two attached hydrogens (primary N) is 1. The van der Waals surface area contributed by atoms with Gasteiger partial charge >= 0.3 is 0 Å². The number of halogens is 2. The van der Waals surface area contributed by atoms with Crippen molar-refractivity contribution in [2.45, 2.75) is 0 Å². The van der Waals surface area contributed by atoms with Gasteiger partial charge in [0.1, 0.15) is 0 Å². The fraction of sp³-hybridized carbons (Fsp3) is 0.0370. The first kappa shape index (κ1) is 22.7. The monoisotopic (exact) mass is 474 g/mol. The predicted octanol–water partition coefficient (Wildman–Crippen LogP) is 6.51. The molecule has 0 aromatic heterocycles. The van der Waals surface area contributed by atoms with Gasteiger partial charge in [-0.3, -0.25) is 9.59 Å². The van der Waals surface area contributed by atoms with E-state index in [0.717, 1.165) is 0 Å². The van der Waals surface area contributed by atoms with Crippen molar-refractivity contribution >= 4 is 46.1 Å². The molecule has 0 heterocycles. The molecule has 2 N–H and O–H groups in total. The first-order valence-electron chi connectivity index (χ1n) is 10.3. The summed E-state index contributed by atoms with van der Waals surface area (Å²) in [5.41, 5.74) is 9.06. The number of ketones is 2. The molecule has 0 aliphatic heterocycles. The summed E-state index contributed by atoms with van der Waals surface area (Å²) in [4.78, 5) is 28.4. The van der Waals surface area contributed by atoms with Crippen LogP contribution in [-0.4, -0.2) is 18.2 Å². The quantitative estimate of drug-likeness (QED) is 0.245. The van der Waals surface area contributed by atoms with Gasteiger partial charge in [-0.15, -0.1) is 0 Å². The Morgan fingerprint density at radius 3 is 1.39 bits per heavy atom. The Labute approximate surface area is 202 Å². The molecule has 0 saturated heterocycles. The normalized spacial score (nSPS) is 10.6. The third-order valence-electron chi connectivity index (χ3n) is 5.24. The van der Waals surface area contributed by atoms with Crippen LogP contribution in [0.1, 0.15) is 31.8 Å². The van der Waals surface area contributed by atoms with Gasteiger partial charge in [0.15, 0.2) is 11.6 Å². The third-order valence-corrected chi connectivity index (χ3v) is 5.71. The smallest absolute Gasteiger partial charge is 0.195 e. The van der Waals surface area contributed by atoms with Crippen LogP contribution in [0, 0.1) is 0 Å². The van der Waals surface area contributed by atoms with E-state index in [0.29, 0.717) is 43.7 Å². The van der Waals surface area contributed by atoms with Crippen LogP contribution in [0.15, 0.2) is 97.1 Å². The minimum absolute atomic E-state index is 0.0212. The molecule has 0 radical (unpaired) electrons. The minimum Gasteiger partial charge on any atom is -0.327 e. The molecule has 4 rings (SSSR count). The summed E-state index contributed by atoms with van der Waals surface area (Å²) >= 11 is 12.5. The summed E-state index contributed by atoms with van der Waals surface area (Å²) in [6, 6.07) is 27.9. The average Bonchev–Trinajstić information content (AvgIpc) is 2.86. The van der Waals surface area contributed by atoms with Crippen molar-refractivity contribution in [2.24, 2.45) is 5.73 Å². The second-order valence-electron chi connectivity index (χ2n) is 7.32. The van der Waals surface area contributed by atoms with E-state index in [1.54, 1.807) is 89.8 Å². The molecule has 4 nitrogen and oxygen atoms in total. The van der Waals surface area contributed by atoms with Gasteiger partial charge < -0.3 is 10.6 Å². The lowest BCUT2D eigenvalue weighted by Crippen LogP contribution is -2.28. The largest absolute Gasteiger partial charge is 0.327 e. The van der Waals surface area contributed by atoms with Crippen molar-refractivity contribution in [3.63, 3.8) is 0 Å². The van der Waals surface area contributed by atoms with Crippen molar-refractivity contribution in [2.75, 3.05) is 11.6 Å². The topological polar surface area (TPSA) is 63.4 Å². The molecule has 4 aromatic carbocycles. The third kappa shape index (κ3) is 4.83. The van der Waals surface area contributed by atoms with E-state index < -0.39 is 0 Å². The molecular weight excluding hydrogens is 455 g/mol. The van der Waals surface area contributed by atoms with Crippen molar-refractivity contribution in [1.29, 1.82) is 0 Å². The summed E-state index contributed by atoms with van der Waals surface area (Å²) < 4.78 is 0. The van der Waals surface area contributed by atoms with Crippen molar-refractivity contribution in [1.82, 2.24) is 0 Å². The molecule has 0 amide bonds. The summed E-state index contributed by atoms with van der Waals surface area (Å²) in [7, 11) is 0. The van der Waals surface area contributed by atoms with E-state index >= 15 is 0 Å². The lowest BCUT2D eigenvalue weighted by Gasteiger charge is -2.27. The molecule has 0 aliphatic rings. The van der Waals surface area contributed by atoms with Gasteiger partial charge in [0.25, 0.3) is 0 Å². The highest BCUT2D eigenvalue weighted by molar-refractivity contribution is 6.32. The van der Waals surface area contributed by atoms with E-state index in [2.05, 4.69) is 0 Å². The van der Waals surface area contributed by atoms with Gasteiger partial charge in [-0.1, -0.05) is 83.9 Å². The number of carbonyl (C=O) groups is 2. The van der Waals surface area contributed by atoms with Gasteiger partial charge in [-0.05, 0) is 36.4 Å². The maximum atomic E-state index is 13.4. The average molecular weight is 475 g/mol. The Hall–Kier alpha value is -3.44. The Balaban J connectivity index is 1.86. The van der Waals surface area contributed by atoms with E-state index in [1.807, 2.05) is 12.1 Å². The molecule has 6 heteroatoms. The van der Waals surface area contributed by atoms with E-state index in [4.69, 9.17) is 28.9 Å². The lowest BCUT2D eigenvalue weighted by molar-refractivity contribution is 0.103. The maximum Gasteiger partial charge on any atom is 0.195 e. The number of rotatable bonds is 7.